The Labute approximate surface area is 213 Å². The third-order valence-electron chi connectivity index (χ3n) is 8.92. The second-order valence-corrected chi connectivity index (χ2v) is 11.2. The van der Waals surface area contributed by atoms with Gasteiger partial charge < -0.3 is 5.32 Å². The van der Waals surface area contributed by atoms with Crippen LogP contribution in [0.3, 0.4) is 0 Å². The van der Waals surface area contributed by atoms with E-state index in [9.17, 15) is 4.79 Å². The lowest BCUT2D eigenvalue weighted by atomic mass is 9.68. The number of hydrogen-bond acceptors (Lipinski definition) is 1. The molecule has 2 aliphatic carbocycles. The van der Waals surface area contributed by atoms with E-state index < -0.39 is 0 Å². The smallest absolute Gasteiger partial charge is 0.247 e. The zero-order valence-electron chi connectivity index (χ0n) is 22.0. The molecule has 0 bridgehead atoms. The van der Waals surface area contributed by atoms with Gasteiger partial charge in [-0.15, -0.1) is 0 Å². The van der Waals surface area contributed by atoms with Crippen LogP contribution in [0.5, 0.6) is 0 Å². The second-order valence-electron chi connectivity index (χ2n) is 11.2. The van der Waals surface area contributed by atoms with E-state index in [1.165, 1.54) is 105 Å². The van der Waals surface area contributed by atoms with Crippen molar-refractivity contribution >= 4 is 11.6 Å². The summed E-state index contributed by atoms with van der Waals surface area (Å²) < 4.78 is 0. The first kappa shape index (κ1) is 25.7. The number of carbonyl (C=O) groups is 1. The number of hydrogen-bond donors (Lipinski definition) is 1. The summed E-state index contributed by atoms with van der Waals surface area (Å²) in [7, 11) is 0. The number of amides is 1. The summed E-state index contributed by atoms with van der Waals surface area (Å²) in [6.45, 7) is 8.06. The molecule has 1 amide bonds. The van der Waals surface area contributed by atoms with Crippen LogP contribution in [-0.4, -0.2) is 5.91 Å². The zero-order chi connectivity index (χ0) is 24.6. The molecule has 2 fully saturated rings. The van der Waals surface area contributed by atoms with Crippen molar-refractivity contribution < 1.29 is 4.79 Å². The summed E-state index contributed by atoms with van der Waals surface area (Å²) in [6.07, 6.45) is 18.6. The molecule has 0 aromatic heterocycles. The molecule has 0 spiro atoms. The molecule has 2 aromatic rings. The van der Waals surface area contributed by atoms with Crippen molar-refractivity contribution in [2.75, 3.05) is 5.32 Å². The second kappa shape index (κ2) is 12.6. The molecular formula is C33H45NO. The molecule has 0 aliphatic heterocycles. The minimum atomic E-state index is -0.178. The predicted molar refractivity (Wildman–Crippen MR) is 150 cm³/mol. The van der Waals surface area contributed by atoms with E-state index in [0.717, 1.165) is 29.4 Å². The Hall–Kier alpha value is -2.35. The lowest BCUT2D eigenvalue weighted by molar-refractivity contribution is -0.111. The maximum atomic E-state index is 11.5. The summed E-state index contributed by atoms with van der Waals surface area (Å²) in [5.74, 6) is 3.55. The molecular weight excluding hydrogens is 426 g/mol. The predicted octanol–water partition coefficient (Wildman–Crippen LogP) is 9.45. The van der Waals surface area contributed by atoms with Crippen LogP contribution in [0.1, 0.15) is 101 Å². The zero-order valence-corrected chi connectivity index (χ0v) is 22.0. The average molecular weight is 472 g/mol. The van der Waals surface area contributed by atoms with Crippen molar-refractivity contribution in [3.63, 3.8) is 0 Å². The normalized spacial score (nSPS) is 24.6. The molecule has 35 heavy (non-hydrogen) atoms. The third-order valence-corrected chi connectivity index (χ3v) is 8.92. The van der Waals surface area contributed by atoms with Gasteiger partial charge in [0, 0.05) is 5.69 Å². The van der Waals surface area contributed by atoms with Gasteiger partial charge in [0.2, 0.25) is 5.91 Å². The average Bonchev–Trinajstić information content (AvgIpc) is 2.90. The molecule has 188 valence electrons. The minimum absolute atomic E-state index is 0.178. The topological polar surface area (TPSA) is 29.1 Å². The number of anilines is 1. The summed E-state index contributed by atoms with van der Waals surface area (Å²) >= 11 is 0. The Kier molecular flexibility index (Phi) is 9.24. The molecule has 2 heteroatoms. The summed E-state index contributed by atoms with van der Waals surface area (Å²) in [6, 6.07) is 15.2. The molecule has 1 N–H and O–H groups in total. The Balaban J connectivity index is 1.28. The molecule has 0 radical (unpaired) electrons. The monoisotopic (exact) mass is 471 g/mol. The van der Waals surface area contributed by atoms with Gasteiger partial charge >= 0.3 is 0 Å². The lowest BCUT2D eigenvalue weighted by Crippen LogP contribution is -2.25. The molecule has 2 nitrogen and oxygen atoms in total. The third kappa shape index (κ3) is 6.87. The molecule has 0 saturated heterocycles. The largest absolute Gasteiger partial charge is 0.323 e. The van der Waals surface area contributed by atoms with Gasteiger partial charge in [-0.2, -0.15) is 0 Å². The highest BCUT2D eigenvalue weighted by molar-refractivity contribution is 5.99. The van der Waals surface area contributed by atoms with E-state index in [4.69, 9.17) is 0 Å². The van der Waals surface area contributed by atoms with E-state index >= 15 is 0 Å². The van der Waals surface area contributed by atoms with Crippen LogP contribution in [0, 0.1) is 24.7 Å². The summed E-state index contributed by atoms with van der Waals surface area (Å²) in [5.41, 5.74) is 6.14. The maximum Gasteiger partial charge on any atom is 0.247 e. The molecule has 0 atom stereocenters. The Morgan fingerprint density at radius 2 is 1.57 bits per heavy atom. The molecule has 2 aromatic carbocycles. The minimum Gasteiger partial charge on any atom is -0.323 e. The standard InChI is InChI=1S/C33H45NO/c1-4-6-7-8-25-9-11-26(12-10-25)27-13-15-28(16-14-27)30-19-22-32(24(3)23-30)29-17-20-31(21-18-29)34-33(35)5-2/h5,17-23,25-28H,2,4,6-16H2,1,3H3,(H,34,35). The van der Waals surface area contributed by atoms with Gasteiger partial charge in [0.1, 0.15) is 0 Å². The van der Waals surface area contributed by atoms with Gasteiger partial charge in [0.15, 0.2) is 0 Å². The van der Waals surface area contributed by atoms with E-state index in [0.29, 0.717) is 0 Å². The van der Waals surface area contributed by atoms with Crippen LogP contribution in [0.2, 0.25) is 0 Å². The number of benzene rings is 2. The molecule has 2 aliphatic rings. The summed E-state index contributed by atoms with van der Waals surface area (Å²) in [4.78, 5) is 11.5. The Morgan fingerprint density at radius 3 is 2.17 bits per heavy atom. The number of carbonyl (C=O) groups excluding carboxylic acids is 1. The van der Waals surface area contributed by atoms with Crippen molar-refractivity contribution in [3.8, 4) is 11.1 Å². The highest BCUT2D eigenvalue weighted by Gasteiger charge is 2.31. The van der Waals surface area contributed by atoms with Crippen LogP contribution in [0.15, 0.2) is 55.1 Å². The molecule has 0 unspecified atom stereocenters. The molecule has 4 rings (SSSR count). The van der Waals surface area contributed by atoms with Crippen LogP contribution in [0.25, 0.3) is 11.1 Å². The van der Waals surface area contributed by atoms with Crippen LogP contribution in [0.4, 0.5) is 5.69 Å². The van der Waals surface area contributed by atoms with E-state index in [-0.39, 0.29) is 5.91 Å². The van der Waals surface area contributed by atoms with Crippen molar-refractivity contribution in [3.05, 3.63) is 66.2 Å². The first-order valence-corrected chi connectivity index (χ1v) is 14.2. The highest BCUT2D eigenvalue weighted by atomic mass is 16.1. The van der Waals surface area contributed by atoms with Gasteiger partial charge in [-0.05, 0) is 110 Å². The fraction of sp³-hybridized carbons (Fsp3) is 0.545. The number of rotatable bonds is 9. The fourth-order valence-electron chi connectivity index (χ4n) is 6.75. The van der Waals surface area contributed by atoms with E-state index in [1.807, 2.05) is 12.1 Å². The SMILES string of the molecule is C=CC(=O)Nc1ccc(-c2ccc(C3CCC(C4CCC(CCCCC)CC4)CC3)cc2C)cc1. The van der Waals surface area contributed by atoms with Crippen LogP contribution in [-0.2, 0) is 4.79 Å². The summed E-state index contributed by atoms with van der Waals surface area (Å²) in [5, 5.41) is 2.82. The van der Waals surface area contributed by atoms with Crippen LogP contribution < -0.4 is 5.32 Å². The molecule has 2 saturated carbocycles. The first-order valence-electron chi connectivity index (χ1n) is 14.2. The van der Waals surface area contributed by atoms with Gasteiger partial charge in [-0.1, -0.05) is 82.4 Å². The number of unbranched alkanes of at least 4 members (excludes halogenated alkanes) is 2. The van der Waals surface area contributed by atoms with Crippen molar-refractivity contribution in [1.82, 2.24) is 0 Å². The lowest BCUT2D eigenvalue weighted by Gasteiger charge is -2.38. The van der Waals surface area contributed by atoms with Crippen molar-refractivity contribution in [2.45, 2.75) is 96.8 Å². The Bertz CT molecular complexity index is 959. The maximum absolute atomic E-state index is 11.5. The number of aryl methyl sites for hydroxylation is 1. The first-order chi connectivity index (χ1) is 17.1. The van der Waals surface area contributed by atoms with Gasteiger partial charge in [0.05, 0.1) is 0 Å². The van der Waals surface area contributed by atoms with E-state index in [1.54, 1.807) is 0 Å². The number of nitrogens with one attached hydrogen (secondary N) is 1. The van der Waals surface area contributed by atoms with Gasteiger partial charge in [0.25, 0.3) is 0 Å². The van der Waals surface area contributed by atoms with E-state index in [2.05, 4.69) is 56.1 Å². The fourth-order valence-corrected chi connectivity index (χ4v) is 6.75. The van der Waals surface area contributed by atoms with Gasteiger partial charge in [-0.3, -0.25) is 4.79 Å². The molecule has 0 heterocycles. The van der Waals surface area contributed by atoms with Crippen molar-refractivity contribution in [1.29, 1.82) is 0 Å². The highest BCUT2D eigenvalue weighted by Crippen LogP contribution is 2.45. The van der Waals surface area contributed by atoms with Crippen molar-refractivity contribution in [2.24, 2.45) is 17.8 Å². The van der Waals surface area contributed by atoms with Gasteiger partial charge in [-0.25, -0.2) is 0 Å². The quantitative estimate of drug-likeness (QED) is 0.286. The van der Waals surface area contributed by atoms with Crippen LogP contribution >= 0.6 is 0 Å². The Morgan fingerprint density at radius 1 is 0.914 bits per heavy atom.